The van der Waals surface area contributed by atoms with Crippen molar-refractivity contribution in [3.05, 3.63) is 0 Å². The summed E-state index contributed by atoms with van der Waals surface area (Å²) < 4.78 is 0.505. The molecule has 0 unspecified atom stereocenters. The van der Waals surface area contributed by atoms with Gasteiger partial charge in [-0.05, 0) is 0 Å². The van der Waals surface area contributed by atoms with Gasteiger partial charge in [0.2, 0.25) is 0 Å². The molecule has 0 heterocycles. The first-order valence-electron chi connectivity index (χ1n) is 4.48. The second kappa shape index (κ2) is 4.94. The monoisotopic (exact) mass is 330 g/mol. The van der Waals surface area contributed by atoms with E-state index < -0.39 is 0 Å². The molecule has 4 heteroatoms. The molecule has 0 aromatic carbocycles. The number of carbonyl (C=O) groups is 2. The zero-order valence-electron chi connectivity index (χ0n) is 9.63. The Hall–Kier alpha value is 0.379. The summed E-state index contributed by atoms with van der Waals surface area (Å²) in [5, 5.41) is 0. The van der Waals surface area contributed by atoms with Crippen molar-refractivity contribution in [2.24, 2.45) is 10.8 Å². The number of hydrogen-bond acceptors (Lipinski definition) is 2. The van der Waals surface area contributed by atoms with Gasteiger partial charge < -0.3 is 0 Å². The van der Waals surface area contributed by atoms with Crippen molar-refractivity contribution in [1.29, 1.82) is 0 Å². The van der Waals surface area contributed by atoms with E-state index in [1.54, 1.807) is 0 Å². The molecule has 0 amide bonds. The molecule has 0 fully saturated rings. The molecule has 0 bridgehead atoms. The standard InChI is InChI=1S/C10H18O2Se2/c1-9(2,3)7(11)13-14-8(12)10(4,5)6/h1-6H3. The summed E-state index contributed by atoms with van der Waals surface area (Å²) in [6.45, 7) is 11.5. The van der Waals surface area contributed by atoms with Crippen molar-refractivity contribution >= 4 is 35.6 Å². The fourth-order valence-electron chi connectivity index (χ4n) is 0.326. The van der Waals surface area contributed by atoms with Crippen LogP contribution in [0.5, 0.6) is 0 Å². The number of hydrogen-bond donors (Lipinski definition) is 0. The van der Waals surface area contributed by atoms with E-state index in [1.165, 1.54) is 0 Å². The van der Waals surface area contributed by atoms with Crippen LogP contribution in [0.15, 0.2) is 0 Å². The third-order valence-corrected chi connectivity index (χ3v) is 9.01. The van der Waals surface area contributed by atoms with E-state index in [2.05, 4.69) is 0 Å². The van der Waals surface area contributed by atoms with Gasteiger partial charge in [-0.25, -0.2) is 0 Å². The van der Waals surface area contributed by atoms with Crippen LogP contribution in [0, 0.1) is 10.8 Å². The van der Waals surface area contributed by atoms with Crippen molar-refractivity contribution in [1.82, 2.24) is 0 Å². The van der Waals surface area contributed by atoms with Crippen LogP contribution < -0.4 is 0 Å². The van der Waals surface area contributed by atoms with Gasteiger partial charge in [-0.1, -0.05) is 0 Å². The van der Waals surface area contributed by atoms with Gasteiger partial charge in [-0.3, -0.25) is 0 Å². The van der Waals surface area contributed by atoms with Crippen LogP contribution in [0.25, 0.3) is 0 Å². The van der Waals surface area contributed by atoms with Crippen molar-refractivity contribution < 1.29 is 9.59 Å². The second-order valence-electron chi connectivity index (χ2n) is 5.24. The Bertz CT molecular complexity index is 207. The molecular formula is C10H18O2Se2. The zero-order chi connectivity index (χ0) is 11.6. The quantitative estimate of drug-likeness (QED) is 0.735. The average Bonchev–Trinajstić information content (AvgIpc) is 1.95. The Labute approximate surface area is 97.5 Å². The van der Waals surface area contributed by atoms with Crippen LogP contribution in [0.4, 0.5) is 0 Å². The Morgan fingerprint density at radius 1 is 0.714 bits per heavy atom. The zero-order valence-corrected chi connectivity index (χ0v) is 13.1. The van der Waals surface area contributed by atoms with Crippen LogP contribution in [0.2, 0.25) is 0 Å². The van der Waals surface area contributed by atoms with Crippen LogP contribution in [-0.4, -0.2) is 35.6 Å². The number of rotatable bonds is 3. The van der Waals surface area contributed by atoms with Crippen molar-refractivity contribution in [2.45, 2.75) is 41.5 Å². The summed E-state index contributed by atoms with van der Waals surface area (Å²) >= 11 is -0.259. The minimum absolute atomic E-state index is 0.129. The van der Waals surface area contributed by atoms with Gasteiger partial charge in [0.25, 0.3) is 0 Å². The second-order valence-corrected chi connectivity index (χ2v) is 11.1. The van der Waals surface area contributed by atoms with Gasteiger partial charge in [0.15, 0.2) is 0 Å². The topological polar surface area (TPSA) is 34.1 Å². The molecule has 0 N–H and O–H groups in total. The average molecular weight is 328 g/mol. The first-order chi connectivity index (χ1) is 6.05. The maximum atomic E-state index is 11.6. The van der Waals surface area contributed by atoms with E-state index in [9.17, 15) is 9.59 Å². The molecule has 0 aromatic heterocycles. The van der Waals surface area contributed by atoms with Gasteiger partial charge in [-0.15, -0.1) is 0 Å². The van der Waals surface area contributed by atoms with Gasteiger partial charge in [-0.2, -0.15) is 0 Å². The van der Waals surface area contributed by atoms with Crippen molar-refractivity contribution in [3.8, 4) is 0 Å². The Balaban J connectivity index is 4.10. The summed E-state index contributed by atoms with van der Waals surface area (Å²) in [4.78, 5) is 23.2. The molecule has 82 valence electrons. The Kier molecular flexibility index (Phi) is 5.07. The van der Waals surface area contributed by atoms with Gasteiger partial charge in [0.1, 0.15) is 0 Å². The molecule has 0 radical (unpaired) electrons. The van der Waals surface area contributed by atoms with Gasteiger partial charge >= 0.3 is 97.6 Å². The molecule has 14 heavy (non-hydrogen) atoms. The SMILES string of the molecule is CC(C)(C)C(=O)[Se][Se]C(=O)C(C)(C)C. The molecule has 0 aliphatic rings. The summed E-state index contributed by atoms with van der Waals surface area (Å²) in [6.07, 6.45) is 0. The van der Waals surface area contributed by atoms with E-state index in [0.29, 0.717) is 0 Å². The maximum absolute atomic E-state index is 11.6. The Morgan fingerprint density at radius 3 is 1.07 bits per heavy atom. The van der Waals surface area contributed by atoms with Crippen LogP contribution >= 0.6 is 0 Å². The molecule has 0 aliphatic heterocycles. The molecule has 0 saturated heterocycles. The molecule has 0 aromatic rings. The Morgan fingerprint density at radius 2 is 0.929 bits per heavy atom. The van der Waals surface area contributed by atoms with E-state index >= 15 is 0 Å². The van der Waals surface area contributed by atoms with E-state index in [-0.39, 0.29) is 46.5 Å². The molecule has 0 spiro atoms. The summed E-state index contributed by atoms with van der Waals surface area (Å²) in [6, 6.07) is 0. The molecule has 0 atom stereocenters. The summed E-state index contributed by atoms with van der Waals surface area (Å²) in [7, 11) is 0. The molecule has 0 rings (SSSR count). The summed E-state index contributed by atoms with van der Waals surface area (Å²) in [5.74, 6) is 0. The predicted molar refractivity (Wildman–Crippen MR) is 60.4 cm³/mol. The molecular weight excluding hydrogens is 310 g/mol. The van der Waals surface area contributed by atoms with Crippen LogP contribution in [-0.2, 0) is 9.59 Å². The van der Waals surface area contributed by atoms with Crippen LogP contribution in [0.3, 0.4) is 0 Å². The van der Waals surface area contributed by atoms with Crippen molar-refractivity contribution in [3.63, 3.8) is 0 Å². The van der Waals surface area contributed by atoms with E-state index in [0.717, 1.165) is 0 Å². The normalized spacial score (nSPS) is 12.7. The fraction of sp³-hybridized carbons (Fsp3) is 0.800. The summed E-state index contributed by atoms with van der Waals surface area (Å²) in [5.41, 5.74) is -0.556. The molecule has 2 nitrogen and oxygen atoms in total. The van der Waals surface area contributed by atoms with Crippen molar-refractivity contribution in [2.75, 3.05) is 0 Å². The molecule has 0 aliphatic carbocycles. The predicted octanol–water partition coefficient (Wildman–Crippen LogP) is 1.46. The van der Waals surface area contributed by atoms with Gasteiger partial charge in [0, 0.05) is 0 Å². The third-order valence-electron chi connectivity index (χ3n) is 1.42. The van der Waals surface area contributed by atoms with E-state index in [4.69, 9.17) is 0 Å². The first-order valence-corrected chi connectivity index (χ1v) is 10.5. The fourth-order valence-corrected chi connectivity index (χ4v) is 8.79. The third kappa shape index (κ3) is 5.31. The van der Waals surface area contributed by atoms with Gasteiger partial charge in [0.05, 0.1) is 0 Å². The number of carbonyl (C=O) groups excluding carboxylic acids is 2. The van der Waals surface area contributed by atoms with E-state index in [1.807, 2.05) is 41.5 Å². The van der Waals surface area contributed by atoms with Crippen LogP contribution in [0.1, 0.15) is 41.5 Å². The first kappa shape index (κ1) is 14.4. The minimum atomic E-state index is -0.278. The molecule has 0 saturated carbocycles.